The Kier molecular flexibility index (Phi) is 5.64. The van der Waals surface area contributed by atoms with Crippen molar-refractivity contribution in [2.24, 2.45) is 0 Å². The number of benzene rings is 3. The summed E-state index contributed by atoms with van der Waals surface area (Å²) in [7, 11) is 4.40. The van der Waals surface area contributed by atoms with Crippen LogP contribution in [0.5, 0.6) is 11.5 Å². The molecule has 0 amide bonds. The average Bonchev–Trinajstić information content (AvgIpc) is 2.83. The largest absolute Gasteiger partial charge is 0.497 e. The summed E-state index contributed by atoms with van der Waals surface area (Å²) in [5, 5.41) is 0.447. The molecule has 0 saturated carbocycles. The molecule has 7 nitrogen and oxygen atoms in total. The van der Waals surface area contributed by atoms with Gasteiger partial charge >= 0.3 is 5.97 Å². The summed E-state index contributed by atoms with van der Waals surface area (Å²) in [6.07, 6.45) is 0. The molecule has 3 aromatic carbocycles. The first-order valence-corrected chi connectivity index (χ1v) is 9.92. The first kappa shape index (κ1) is 21.1. The van der Waals surface area contributed by atoms with E-state index in [4.69, 9.17) is 19.2 Å². The number of hydrogen-bond acceptors (Lipinski definition) is 6. The van der Waals surface area contributed by atoms with Crippen molar-refractivity contribution in [2.45, 2.75) is 6.92 Å². The number of aryl methyl sites for hydroxylation is 1. The maximum Gasteiger partial charge on any atom is 0.338 e. The maximum atomic E-state index is 13.7. The van der Waals surface area contributed by atoms with Crippen LogP contribution in [-0.4, -0.2) is 36.8 Å². The minimum Gasteiger partial charge on any atom is -0.497 e. The van der Waals surface area contributed by atoms with E-state index in [1.807, 2.05) is 19.1 Å². The number of carbonyl (C=O) groups is 1. The Morgan fingerprint density at radius 1 is 0.938 bits per heavy atom. The Bertz CT molecular complexity index is 1390. The van der Waals surface area contributed by atoms with Crippen LogP contribution in [0.4, 0.5) is 0 Å². The monoisotopic (exact) mass is 430 g/mol. The minimum atomic E-state index is -0.514. The van der Waals surface area contributed by atoms with Crippen LogP contribution in [0, 0.1) is 6.92 Å². The topological polar surface area (TPSA) is 79.7 Å². The van der Waals surface area contributed by atoms with E-state index in [0.29, 0.717) is 45.0 Å². The van der Waals surface area contributed by atoms with Gasteiger partial charge in [0.1, 0.15) is 17.3 Å². The quantitative estimate of drug-likeness (QED) is 0.442. The Morgan fingerprint density at radius 3 is 2.44 bits per heavy atom. The van der Waals surface area contributed by atoms with Gasteiger partial charge in [-0.25, -0.2) is 9.78 Å². The Morgan fingerprint density at radius 2 is 1.72 bits per heavy atom. The Hall–Kier alpha value is -4.13. The number of ether oxygens (including phenoxy) is 3. The fraction of sp³-hybridized carbons (Fsp3) is 0.160. The molecular weight excluding hydrogens is 408 g/mol. The normalized spacial score (nSPS) is 10.8. The van der Waals surface area contributed by atoms with Crippen molar-refractivity contribution in [1.82, 2.24) is 9.55 Å². The molecule has 162 valence electrons. The minimum absolute atomic E-state index is 0.284. The van der Waals surface area contributed by atoms with Crippen LogP contribution < -0.4 is 15.0 Å². The summed E-state index contributed by atoms with van der Waals surface area (Å²) in [5.74, 6) is 0.813. The van der Waals surface area contributed by atoms with Gasteiger partial charge in [0.05, 0.1) is 43.5 Å². The molecule has 0 aliphatic heterocycles. The zero-order chi connectivity index (χ0) is 22.8. The molecule has 0 fully saturated rings. The molecule has 0 radical (unpaired) electrons. The predicted octanol–water partition coefficient (Wildman–Crippen LogP) is 4.16. The van der Waals surface area contributed by atoms with Gasteiger partial charge in [0.2, 0.25) is 0 Å². The second-order valence-electron chi connectivity index (χ2n) is 7.12. The average molecular weight is 430 g/mol. The maximum absolute atomic E-state index is 13.7. The van der Waals surface area contributed by atoms with Crippen molar-refractivity contribution >= 4 is 16.9 Å². The van der Waals surface area contributed by atoms with E-state index in [9.17, 15) is 9.59 Å². The van der Waals surface area contributed by atoms with Crippen molar-refractivity contribution in [1.29, 1.82) is 0 Å². The van der Waals surface area contributed by atoms with Gasteiger partial charge in [0, 0.05) is 11.6 Å². The van der Waals surface area contributed by atoms with Gasteiger partial charge < -0.3 is 14.2 Å². The van der Waals surface area contributed by atoms with Crippen molar-refractivity contribution < 1.29 is 19.0 Å². The van der Waals surface area contributed by atoms with Gasteiger partial charge in [-0.2, -0.15) is 0 Å². The van der Waals surface area contributed by atoms with Crippen molar-refractivity contribution in [3.05, 3.63) is 82.1 Å². The zero-order valence-electron chi connectivity index (χ0n) is 18.2. The van der Waals surface area contributed by atoms with E-state index >= 15 is 0 Å². The van der Waals surface area contributed by atoms with E-state index in [1.165, 1.54) is 18.8 Å². The van der Waals surface area contributed by atoms with Crippen molar-refractivity contribution in [3.63, 3.8) is 0 Å². The Labute approximate surface area is 184 Å². The van der Waals surface area contributed by atoms with Crippen LogP contribution in [0.15, 0.2) is 65.5 Å². The lowest BCUT2D eigenvalue weighted by Crippen LogP contribution is -2.23. The highest BCUT2D eigenvalue weighted by atomic mass is 16.5. The second-order valence-corrected chi connectivity index (χ2v) is 7.12. The fourth-order valence-corrected chi connectivity index (χ4v) is 3.74. The van der Waals surface area contributed by atoms with E-state index < -0.39 is 5.97 Å². The number of esters is 1. The molecule has 0 atom stereocenters. The van der Waals surface area contributed by atoms with E-state index in [1.54, 1.807) is 55.6 Å². The van der Waals surface area contributed by atoms with Crippen LogP contribution in [0.1, 0.15) is 15.9 Å². The van der Waals surface area contributed by atoms with Crippen LogP contribution in [0.2, 0.25) is 0 Å². The molecule has 0 aliphatic carbocycles. The number of nitrogens with zero attached hydrogens (tertiary/aromatic N) is 2. The van der Waals surface area contributed by atoms with Crippen molar-refractivity contribution in [3.8, 4) is 28.6 Å². The molecule has 32 heavy (non-hydrogen) atoms. The summed E-state index contributed by atoms with van der Waals surface area (Å²) in [6, 6.07) is 17.5. The number of aromatic nitrogens is 2. The Balaban J connectivity index is 2.17. The third kappa shape index (κ3) is 3.47. The highest BCUT2D eigenvalue weighted by Gasteiger charge is 2.23. The molecule has 0 aliphatic rings. The van der Waals surface area contributed by atoms with Crippen LogP contribution in [-0.2, 0) is 4.74 Å². The third-order valence-corrected chi connectivity index (χ3v) is 5.31. The van der Waals surface area contributed by atoms with Crippen LogP contribution in [0.3, 0.4) is 0 Å². The van der Waals surface area contributed by atoms with E-state index in [0.717, 1.165) is 5.56 Å². The summed E-state index contributed by atoms with van der Waals surface area (Å²) in [6.45, 7) is 1.86. The molecule has 4 aromatic rings. The van der Waals surface area contributed by atoms with Crippen molar-refractivity contribution in [2.75, 3.05) is 21.3 Å². The molecule has 1 heterocycles. The predicted molar refractivity (Wildman–Crippen MR) is 122 cm³/mol. The molecule has 1 aromatic heterocycles. The number of para-hydroxylation sites is 1. The lowest BCUT2D eigenvalue weighted by molar-refractivity contribution is 0.0601. The summed E-state index contributed by atoms with van der Waals surface area (Å²) < 4.78 is 17.3. The van der Waals surface area contributed by atoms with Gasteiger partial charge in [-0.05, 0) is 42.8 Å². The van der Waals surface area contributed by atoms with Crippen LogP contribution in [0.25, 0.3) is 28.0 Å². The highest BCUT2D eigenvalue weighted by molar-refractivity contribution is 5.98. The molecule has 0 unspecified atom stereocenters. The third-order valence-electron chi connectivity index (χ3n) is 5.31. The molecule has 7 heteroatoms. The van der Waals surface area contributed by atoms with E-state index in [-0.39, 0.29) is 5.56 Å². The zero-order valence-corrected chi connectivity index (χ0v) is 18.2. The SMILES string of the molecule is COC(=O)c1cccc(C)c1-c1nc2ccccc2c(=O)n1-c1ccc(OC)cc1OC. The van der Waals surface area contributed by atoms with Gasteiger partial charge in [0.15, 0.2) is 0 Å². The number of fused-ring (bicyclic) bond motifs is 1. The standard InChI is InChI=1S/C25H22N2O5/c1-15-8-7-10-18(25(29)32-4)22(15)23-26-19-11-6-5-9-17(19)24(28)27(23)20-13-12-16(30-2)14-21(20)31-3/h5-14H,1-4H3. The first-order valence-electron chi connectivity index (χ1n) is 9.92. The van der Waals surface area contributed by atoms with Gasteiger partial charge in [0.25, 0.3) is 5.56 Å². The first-order chi connectivity index (χ1) is 15.5. The summed E-state index contributed by atoms with van der Waals surface area (Å²) >= 11 is 0. The summed E-state index contributed by atoms with van der Waals surface area (Å²) in [5.41, 5.74) is 2.32. The number of carbonyl (C=O) groups excluding carboxylic acids is 1. The number of rotatable bonds is 5. The van der Waals surface area contributed by atoms with E-state index in [2.05, 4.69) is 0 Å². The molecule has 4 rings (SSSR count). The molecule has 0 saturated heterocycles. The second kappa shape index (κ2) is 8.55. The molecule has 0 spiro atoms. The van der Waals surface area contributed by atoms with Crippen LogP contribution >= 0.6 is 0 Å². The smallest absolute Gasteiger partial charge is 0.338 e. The van der Waals surface area contributed by atoms with Gasteiger partial charge in [-0.1, -0.05) is 24.3 Å². The number of hydrogen-bond donors (Lipinski definition) is 0. The van der Waals surface area contributed by atoms with Gasteiger partial charge in [-0.15, -0.1) is 0 Å². The number of methoxy groups -OCH3 is 3. The van der Waals surface area contributed by atoms with Gasteiger partial charge in [-0.3, -0.25) is 9.36 Å². The lowest BCUT2D eigenvalue weighted by atomic mass is 10.00. The molecular formula is C25H22N2O5. The fourth-order valence-electron chi connectivity index (χ4n) is 3.74. The highest BCUT2D eigenvalue weighted by Crippen LogP contribution is 2.33. The molecule has 0 N–H and O–H groups in total. The molecule has 0 bridgehead atoms. The lowest BCUT2D eigenvalue weighted by Gasteiger charge is -2.19. The summed E-state index contributed by atoms with van der Waals surface area (Å²) in [4.78, 5) is 31.1.